The monoisotopic (exact) mass is 375 g/mol. The molecule has 0 saturated heterocycles. The second-order valence-corrected chi connectivity index (χ2v) is 6.77. The van der Waals surface area contributed by atoms with Crippen molar-refractivity contribution in [3.8, 4) is 5.69 Å². The number of nitrogens with one attached hydrogen (secondary N) is 2. The zero-order valence-corrected chi connectivity index (χ0v) is 15.9. The van der Waals surface area contributed by atoms with E-state index >= 15 is 0 Å². The Morgan fingerprint density at radius 2 is 2.04 bits per heavy atom. The van der Waals surface area contributed by atoms with Crippen molar-refractivity contribution < 1.29 is 9.21 Å². The van der Waals surface area contributed by atoms with E-state index < -0.39 is 0 Å². The SMILES string of the molecule is Cc1cc(C)n(-c2cccc(NC(=O)NC(C)c3cc4cnccc4o3)c2)n1. The third-order valence-electron chi connectivity index (χ3n) is 4.47. The Bertz CT molecular complexity index is 1110. The summed E-state index contributed by atoms with van der Waals surface area (Å²) in [4.78, 5) is 16.5. The number of anilines is 1. The number of urea groups is 1. The number of nitrogens with zero attached hydrogens (tertiary/aromatic N) is 3. The summed E-state index contributed by atoms with van der Waals surface area (Å²) in [6, 6.07) is 12.7. The molecule has 0 fully saturated rings. The summed E-state index contributed by atoms with van der Waals surface area (Å²) in [6.07, 6.45) is 3.41. The van der Waals surface area contributed by atoms with Gasteiger partial charge in [-0.3, -0.25) is 4.98 Å². The van der Waals surface area contributed by atoms with Gasteiger partial charge in [0, 0.05) is 29.2 Å². The van der Waals surface area contributed by atoms with Gasteiger partial charge in [0.05, 0.1) is 17.4 Å². The number of aryl methyl sites for hydroxylation is 2. The summed E-state index contributed by atoms with van der Waals surface area (Å²) < 4.78 is 7.63. The molecule has 2 N–H and O–H groups in total. The van der Waals surface area contributed by atoms with Gasteiger partial charge in [0.25, 0.3) is 0 Å². The number of carbonyl (C=O) groups excluding carboxylic acids is 1. The van der Waals surface area contributed by atoms with Crippen molar-refractivity contribution in [2.24, 2.45) is 0 Å². The maximum atomic E-state index is 12.4. The predicted molar refractivity (Wildman–Crippen MR) is 108 cm³/mol. The molecule has 4 aromatic rings. The highest BCUT2D eigenvalue weighted by Gasteiger charge is 2.14. The number of benzene rings is 1. The summed E-state index contributed by atoms with van der Waals surface area (Å²) in [5.41, 5.74) is 4.30. The van der Waals surface area contributed by atoms with Crippen molar-refractivity contribution in [1.29, 1.82) is 0 Å². The Morgan fingerprint density at radius 1 is 1.18 bits per heavy atom. The third kappa shape index (κ3) is 3.59. The molecular formula is C21H21N5O2. The zero-order chi connectivity index (χ0) is 19.7. The molecule has 1 unspecified atom stereocenters. The van der Waals surface area contributed by atoms with E-state index in [0.29, 0.717) is 11.4 Å². The first-order valence-corrected chi connectivity index (χ1v) is 9.04. The highest BCUT2D eigenvalue weighted by Crippen LogP contribution is 2.23. The Kier molecular flexibility index (Phi) is 4.57. The van der Waals surface area contributed by atoms with Crippen LogP contribution in [-0.2, 0) is 0 Å². The number of amides is 2. The molecule has 0 bridgehead atoms. The van der Waals surface area contributed by atoms with Crippen molar-refractivity contribution in [3.63, 3.8) is 0 Å². The number of rotatable bonds is 4. The minimum absolute atomic E-state index is 0.286. The van der Waals surface area contributed by atoms with Crippen LogP contribution in [0.15, 0.2) is 59.3 Å². The Balaban J connectivity index is 1.46. The maximum absolute atomic E-state index is 12.4. The van der Waals surface area contributed by atoms with Gasteiger partial charge in [-0.1, -0.05) is 6.07 Å². The molecule has 7 heteroatoms. The van der Waals surface area contributed by atoms with Crippen LogP contribution < -0.4 is 10.6 Å². The quantitative estimate of drug-likeness (QED) is 0.549. The first kappa shape index (κ1) is 17.8. The van der Waals surface area contributed by atoms with Crippen LogP contribution >= 0.6 is 0 Å². The number of fused-ring (bicyclic) bond motifs is 1. The Hall–Kier alpha value is -3.61. The molecule has 0 aliphatic heterocycles. The molecule has 1 aromatic carbocycles. The molecule has 0 saturated carbocycles. The Labute approximate surface area is 162 Å². The van der Waals surface area contributed by atoms with Gasteiger partial charge in [0.1, 0.15) is 11.3 Å². The van der Waals surface area contributed by atoms with Gasteiger partial charge >= 0.3 is 6.03 Å². The van der Waals surface area contributed by atoms with Crippen LogP contribution in [0.2, 0.25) is 0 Å². The van der Waals surface area contributed by atoms with E-state index in [1.54, 1.807) is 18.5 Å². The lowest BCUT2D eigenvalue weighted by atomic mass is 10.2. The van der Waals surface area contributed by atoms with Crippen LogP contribution in [0, 0.1) is 13.8 Å². The molecule has 2 amide bonds. The molecule has 4 rings (SSSR count). The number of carbonyl (C=O) groups is 1. The summed E-state index contributed by atoms with van der Waals surface area (Å²) in [7, 11) is 0. The molecule has 28 heavy (non-hydrogen) atoms. The zero-order valence-electron chi connectivity index (χ0n) is 15.9. The lowest BCUT2D eigenvalue weighted by Gasteiger charge is -2.13. The van der Waals surface area contributed by atoms with Crippen molar-refractivity contribution in [1.82, 2.24) is 20.1 Å². The predicted octanol–water partition coefficient (Wildman–Crippen LogP) is 4.51. The fourth-order valence-electron chi connectivity index (χ4n) is 3.16. The smallest absolute Gasteiger partial charge is 0.319 e. The largest absolute Gasteiger partial charge is 0.459 e. The number of hydrogen-bond donors (Lipinski definition) is 2. The van der Waals surface area contributed by atoms with Crippen LogP contribution in [0.5, 0.6) is 0 Å². The van der Waals surface area contributed by atoms with Crippen LogP contribution in [0.4, 0.5) is 10.5 Å². The summed E-state index contributed by atoms with van der Waals surface area (Å²) in [5.74, 6) is 0.676. The lowest BCUT2D eigenvalue weighted by molar-refractivity contribution is 0.248. The summed E-state index contributed by atoms with van der Waals surface area (Å²) in [5, 5.41) is 11.1. The van der Waals surface area contributed by atoms with Crippen LogP contribution in [0.3, 0.4) is 0 Å². The standard InChI is InChI=1S/C21H21N5O2/c1-13-9-14(2)26(25-13)18-6-4-5-17(11-18)24-21(27)23-15(3)20-10-16-12-22-8-7-19(16)28-20/h4-12,15H,1-3H3,(H2,23,24,27). The lowest BCUT2D eigenvalue weighted by Crippen LogP contribution is -2.31. The van der Waals surface area contributed by atoms with E-state index in [2.05, 4.69) is 20.7 Å². The van der Waals surface area contributed by atoms with Gasteiger partial charge in [-0.25, -0.2) is 9.48 Å². The van der Waals surface area contributed by atoms with Crippen molar-refractivity contribution in [2.45, 2.75) is 26.8 Å². The third-order valence-corrected chi connectivity index (χ3v) is 4.47. The molecule has 142 valence electrons. The first-order valence-electron chi connectivity index (χ1n) is 9.04. The molecule has 3 aromatic heterocycles. The Morgan fingerprint density at radius 3 is 2.79 bits per heavy atom. The molecule has 0 aliphatic carbocycles. The van der Waals surface area contributed by atoms with Crippen molar-refractivity contribution >= 4 is 22.7 Å². The fraction of sp³-hybridized carbons (Fsp3) is 0.190. The van der Waals surface area contributed by atoms with Crippen molar-refractivity contribution in [3.05, 3.63) is 72.0 Å². The van der Waals surface area contributed by atoms with Crippen LogP contribution in [0.25, 0.3) is 16.7 Å². The number of aromatic nitrogens is 3. The van der Waals surface area contributed by atoms with Gasteiger partial charge in [0.2, 0.25) is 0 Å². The number of furan rings is 1. The van der Waals surface area contributed by atoms with Gasteiger partial charge < -0.3 is 15.1 Å². The molecule has 0 aliphatic rings. The van der Waals surface area contributed by atoms with Crippen molar-refractivity contribution in [2.75, 3.05) is 5.32 Å². The summed E-state index contributed by atoms with van der Waals surface area (Å²) >= 11 is 0. The second kappa shape index (κ2) is 7.19. The molecule has 7 nitrogen and oxygen atoms in total. The van der Waals surface area contributed by atoms with Gasteiger partial charge in [-0.15, -0.1) is 0 Å². The van der Waals surface area contributed by atoms with Gasteiger partial charge in [0.15, 0.2) is 0 Å². The average molecular weight is 375 g/mol. The van der Waals surface area contributed by atoms with E-state index in [9.17, 15) is 4.79 Å². The van der Waals surface area contributed by atoms with E-state index in [0.717, 1.165) is 28.0 Å². The van der Waals surface area contributed by atoms with Crippen LogP contribution in [-0.4, -0.2) is 20.8 Å². The van der Waals surface area contributed by atoms with E-state index in [4.69, 9.17) is 4.42 Å². The minimum atomic E-state index is -0.309. The highest BCUT2D eigenvalue weighted by molar-refractivity contribution is 5.90. The minimum Gasteiger partial charge on any atom is -0.459 e. The first-order chi connectivity index (χ1) is 13.5. The van der Waals surface area contributed by atoms with E-state index in [1.165, 1.54) is 0 Å². The molecule has 1 atom stereocenters. The molecular weight excluding hydrogens is 354 g/mol. The van der Waals surface area contributed by atoms with E-state index in [-0.39, 0.29) is 12.1 Å². The van der Waals surface area contributed by atoms with Gasteiger partial charge in [-0.05, 0) is 57.2 Å². The molecule has 3 heterocycles. The van der Waals surface area contributed by atoms with Gasteiger partial charge in [-0.2, -0.15) is 5.10 Å². The molecule has 0 radical (unpaired) electrons. The topological polar surface area (TPSA) is 85.0 Å². The molecule has 0 spiro atoms. The second-order valence-electron chi connectivity index (χ2n) is 6.77. The van der Waals surface area contributed by atoms with E-state index in [1.807, 2.05) is 61.9 Å². The number of hydrogen-bond acceptors (Lipinski definition) is 4. The normalized spacial score (nSPS) is 12.1. The fourth-order valence-corrected chi connectivity index (χ4v) is 3.16. The highest BCUT2D eigenvalue weighted by atomic mass is 16.3. The average Bonchev–Trinajstić information content (AvgIpc) is 3.24. The maximum Gasteiger partial charge on any atom is 0.319 e. The number of pyridine rings is 1. The van der Waals surface area contributed by atoms with Crippen LogP contribution in [0.1, 0.15) is 30.1 Å². The summed E-state index contributed by atoms with van der Waals surface area (Å²) in [6.45, 7) is 5.82.